The molecule has 0 radical (unpaired) electrons. The first kappa shape index (κ1) is 10.8. The van der Waals surface area contributed by atoms with Crippen molar-refractivity contribution in [1.29, 1.82) is 0 Å². The molecule has 16 heavy (non-hydrogen) atoms. The summed E-state index contributed by atoms with van der Waals surface area (Å²) in [4.78, 5) is 34.9. The Kier molecular flexibility index (Phi) is 2.74. The number of nitrogens with zero attached hydrogens (tertiary/aromatic N) is 1. The van der Waals surface area contributed by atoms with Crippen LogP contribution < -0.4 is 10.2 Å². The molecule has 1 aromatic rings. The molecule has 1 aliphatic rings. The van der Waals surface area contributed by atoms with Crippen LogP contribution in [0, 0.1) is 0 Å². The van der Waals surface area contributed by atoms with Crippen molar-refractivity contribution in [2.45, 2.75) is 6.42 Å². The lowest BCUT2D eigenvalue weighted by Gasteiger charge is -2.24. The maximum absolute atomic E-state index is 11.5. The SMILES string of the molecule is O=C1CC(=O)N(c2ccc(Br)cc2)C(=O)N1. The van der Waals surface area contributed by atoms with Crippen molar-refractivity contribution in [1.82, 2.24) is 5.32 Å². The monoisotopic (exact) mass is 282 g/mol. The number of nitrogens with one attached hydrogen (secondary N) is 1. The minimum absolute atomic E-state index is 0.304. The Bertz CT molecular complexity index is 449. The third kappa shape index (κ3) is 1.96. The zero-order valence-electron chi connectivity index (χ0n) is 8.07. The third-order valence-corrected chi connectivity index (χ3v) is 2.62. The largest absolute Gasteiger partial charge is 0.335 e. The number of hydrogen-bond acceptors (Lipinski definition) is 3. The van der Waals surface area contributed by atoms with Crippen LogP contribution in [0.1, 0.15) is 6.42 Å². The van der Waals surface area contributed by atoms with Crippen molar-refractivity contribution in [2.24, 2.45) is 0 Å². The molecule has 0 unspecified atom stereocenters. The van der Waals surface area contributed by atoms with Gasteiger partial charge < -0.3 is 0 Å². The van der Waals surface area contributed by atoms with Crippen LogP contribution >= 0.6 is 15.9 Å². The zero-order valence-corrected chi connectivity index (χ0v) is 9.65. The number of urea groups is 1. The van der Waals surface area contributed by atoms with Gasteiger partial charge in [0.15, 0.2) is 0 Å². The second-order valence-corrected chi connectivity index (χ2v) is 4.15. The first-order valence-corrected chi connectivity index (χ1v) is 5.29. The Labute approximate surface area is 99.5 Å². The molecule has 1 fully saturated rings. The van der Waals surface area contributed by atoms with Crippen molar-refractivity contribution < 1.29 is 14.4 Å². The van der Waals surface area contributed by atoms with Crippen LogP contribution in [0.15, 0.2) is 28.7 Å². The fraction of sp³-hybridized carbons (Fsp3) is 0.100. The maximum atomic E-state index is 11.5. The Morgan fingerprint density at radius 2 is 1.75 bits per heavy atom. The van der Waals surface area contributed by atoms with Crippen molar-refractivity contribution in [2.75, 3.05) is 4.90 Å². The van der Waals surface area contributed by atoms with E-state index < -0.39 is 17.8 Å². The number of halogens is 1. The lowest BCUT2D eigenvalue weighted by Crippen LogP contribution is -2.52. The van der Waals surface area contributed by atoms with E-state index in [0.717, 1.165) is 9.37 Å². The molecule has 0 spiro atoms. The standard InChI is InChI=1S/C10H7BrN2O3/c11-6-1-3-7(4-2-6)13-9(15)5-8(14)12-10(13)16/h1-4H,5H2,(H,12,14,16). The van der Waals surface area contributed by atoms with Crippen molar-refractivity contribution in [3.63, 3.8) is 0 Å². The molecule has 5 nitrogen and oxygen atoms in total. The molecule has 1 N–H and O–H groups in total. The molecule has 1 aliphatic heterocycles. The van der Waals surface area contributed by atoms with E-state index in [1.165, 1.54) is 0 Å². The van der Waals surface area contributed by atoms with Crippen LogP contribution in [0.3, 0.4) is 0 Å². The van der Waals surface area contributed by atoms with Crippen molar-refractivity contribution in [3.8, 4) is 0 Å². The molecule has 2 rings (SSSR count). The van der Waals surface area contributed by atoms with Gasteiger partial charge in [0, 0.05) is 4.47 Å². The second-order valence-electron chi connectivity index (χ2n) is 3.24. The lowest BCUT2D eigenvalue weighted by atomic mass is 10.2. The fourth-order valence-electron chi connectivity index (χ4n) is 1.40. The Hall–Kier alpha value is -1.69. The predicted octanol–water partition coefficient (Wildman–Crippen LogP) is 1.42. The van der Waals surface area contributed by atoms with Gasteiger partial charge in [-0.05, 0) is 24.3 Å². The molecule has 0 bridgehead atoms. The van der Waals surface area contributed by atoms with E-state index in [1.807, 2.05) is 0 Å². The summed E-state index contributed by atoms with van der Waals surface area (Å²) < 4.78 is 0.845. The molecule has 0 atom stereocenters. The average molecular weight is 283 g/mol. The molecule has 0 saturated carbocycles. The normalized spacial score (nSPS) is 16.3. The first-order valence-electron chi connectivity index (χ1n) is 4.50. The van der Waals surface area contributed by atoms with E-state index in [1.54, 1.807) is 24.3 Å². The van der Waals surface area contributed by atoms with E-state index in [4.69, 9.17) is 0 Å². The molecular formula is C10H7BrN2O3. The number of hydrogen-bond donors (Lipinski definition) is 1. The van der Waals surface area contributed by atoms with Gasteiger partial charge in [-0.1, -0.05) is 15.9 Å². The Morgan fingerprint density at radius 3 is 2.31 bits per heavy atom. The molecule has 6 heteroatoms. The van der Waals surface area contributed by atoms with E-state index in [-0.39, 0.29) is 6.42 Å². The number of barbiturate groups is 1. The summed E-state index contributed by atoms with van der Waals surface area (Å²) in [6, 6.07) is 5.97. The molecule has 0 aromatic heterocycles. The van der Waals surface area contributed by atoms with Gasteiger partial charge in [0.2, 0.25) is 11.8 Å². The van der Waals surface area contributed by atoms with E-state index >= 15 is 0 Å². The summed E-state index contributed by atoms with van der Waals surface area (Å²) in [6.45, 7) is 0. The summed E-state index contributed by atoms with van der Waals surface area (Å²) in [5.41, 5.74) is 0.443. The number of carbonyl (C=O) groups excluding carboxylic acids is 3. The first-order chi connectivity index (χ1) is 7.58. The van der Waals surface area contributed by atoms with Gasteiger partial charge in [0.05, 0.1) is 5.69 Å². The Morgan fingerprint density at radius 1 is 1.12 bits per heavy atom. The third-order valence-electron chi connectivity index (χ3n) is 2.10. The van der Waals surface area contributed by atoms with Crippen LogP contribution in [0.25, 0.3) is 0 Å². The summed E-state index contributed by atoms with van der Waals surface area (Å²) in [7, 11) is 0. The number of carbonyl (C=O) groups is 3. The Balaban J connectivity index is 2.32. The van der Waals surface area contributed by atoms with Gasteiger partial charge in [-0.25, -0.2) is 9.69 Å². The van der Waals surface area contributed by atoms with E-state index in [0.29, 0.717) is 5.69 Å². The number of anilines is 1. The molecule has 1 saturated heterocycles. The maximum Gasteiger partial charge on any atom is 0.335 e. The minimum Gasteiger partial charge on any atom is -0.277 e. The van der Waals surface area contributed by atoms with Gasteiger partial charge in [0.25, 0.3) is 0 Å². The highest BCUT2D eigenvalue weighted by atomic mass is 79.9. The summed E-state index contributed by atoms with van der Waals surface area (Å²) in [5.74, 6) is -1.08. The summed E-state index contributed by atoms with van der Waals surface area (Å²) in [6.07, 6.45) is -0.304. The molecule has 4 amide bonds. The minimum atomic E-state index is -0.705. The van der Waals surface area contributed by atoms with Gasteiger partial charge in [-0.15, -0.1) is 0 Å². The van der Waals surface area contributed by atoms with Crippen LogP contribution in [-0.2, 0) is 9.59 Å². The van der Waals surface area contributed by atoms with E-state index in [9.17, 15) is 14.4 Å². The van der Waals surface area contributed by atoms with Crippen LogP contribution in [0.2, 0.25) is 0 Å². The zero-order chi connectivity index (χ0) is 11.7. The second kappa shape index (κ2) is 4.05. The van der Waals surface area contributed by atoms with Crippen molar-refractivity contribution >= 4 is 39.5 Å². The van der Waals surface area contributed by atoms with Crippen LogP contribution in [0.4, 0.5) is 10.5 Å². The summed E-state index contributed by atoms with van der Waals surface area (Å²) >= 11 is 3.25. The van der Waals surface area contributed by atoms with Gasteiger partial charge in [-0.3, -0.25) is 14.9 Å². The molecule has 1 aromatic carbocycles. The molecule has 0 aliphatic carbocycles. The number of rotatable bonds is 1. The highest BCUT2D eigenvalue weighted by Crippen LogP contribution is 2.20. The topological polar surface area (TPSA) is 66.5 Å². The molecule has 1 heterocycles. The number of amides is 4. The highest BCUT2D eigenvalue weighted by Gasteiger charge is 2.31. The molecular weight excluding hydrogens is 276 g/mol. The summed E-state index contributed by atoms with van der Waals surface area (Å²) in [5, 5.41) is 2.09. The molecule has 82 valence electrons. The van der Waals surface area contributed by atoms with Crippen LogP contribution in [-0.4, -0.2) is 17.8 Å². The lowest BCUT2D eigenvalue weighted by molar-refractivity contribution is -0.128. The van der Waals surface area contributed by atoms with Gasteiger partial charge in [0.1, 0.15) is 6.42 Å². The fourth-order valence-corrected chi connectivity index (χ4v) is 1.66. The quantitative estimate of drug-likeness (QED) is 0.793. The highest BCUT2D eigenvalue weighted by molar-refractivity contribution is 9.10. The average Bonchev–Trinajstić information content (AvgIpc) is 2.19. The number of imide groups is 2. The smallest absolute Gasteiger partial charge is 0.277 e. The van der Waals surface area contributed by atoms with Crippen LogP contribution in [0.5, 0.6) is 0 Å². The van der Waals surface area contributed by atoms with Gasteiger partial charge >= 0.3 is 6.03 Å². The van der Waals surface area contributed by atoms with Gasteiger partial charge in [-0.2, -0.15) is 0 Å². The number of benzene rings is 1. The van der Waals surface area contributed by atoms with E-state index in [2.05, 4.69) is 21.2 Å². The van der Waals surface area contributed by atoms with Crippen molar-refractivity contribution in [3.05, 3.63) is 28.7 Å². The predicted molar refractivity (Wildman–Crippen MR) is 59.8 cm³/mol.